The Morgan fingerprint density at radius 2 is 1.68 bits per heavy atom. The molecule has 0 bridgehead atoms. The predicted octanol–water partition coefficient (Wildman–Crippen LogP) is 3.74. The molecule has 0 N–H and O–H groups in total. The van der Waals surface area contributed by atoms with Crippen LogP contribution in [0.25, 0.3) is 10.6 Å². The zero-order chi connectivity index (χ0) is 14.2. The van der Waals surface area contributed by atoms with Gasteiger partial charge in [-0.25, -0.2) is 0 Å². The SMILES string of the molecule is Cc1c(C(C)C)sc(-c2ccc(N(C)C)cc2)[n+]1C. The van der Waals surface area contributed by atoms with E-state index >= 15 is 0 Å². The summed E-state index contributed by atoms with van der Waals surface area (Å²) in [5.74, 6) is 0.589. The molecule has 0 unspecified atom stereocenters. The van der Waals surface area contributed by atoms with E-state index in [9.17, 15) is 0 Å². The van der Waals surface area contributed by atoms with Crippen LogP contribution in [0.4, 0.5) is 5.69 Å². The van der Waals surface area contributed by atoms with Gasteiger partial charge >= 0.3 is 0 Å². The first-order valence-corrected chi connectivity index (χ1v) is 7.50. The monoisotopic (exact) mass is 275 g/mol. The van der Waals surface area contributed by atoms with Gasteiger partial charge in [-0.3, -0.25) is 0 Å². The normalized spacial score (nSPS) is 11.1. The molecule has 1 aromatic carbocycles. The maximum absolute atomic E-state index is 2.31. The van der Waals surface area contributed by atoms with Gasteiger partial charge in [0.25, 0.3) is 5.01 Å². The lowest BCUT2D eigenvalue weighted by Gasteiger charge is -2.11. The lowest BCUT2D eigenvalue weighted by atomic mass is 10.1. The van der Waals surface area contributed by atoms with Crippen LogP contribution in [-0.2, 0) is 7.05 Å². The number of aromatic nitrogens is 1. The fourth-order valence-electron chi connectivity index (χ4n) is 2.25. The molecule has 0 fully saturated rings. The van der Waals surface area contributed by atoms with Crippen LogP contribution in [0.5, 0.6) is 0 Å². The van der Waals surface area contributed by atoms with Gasteiger partial charge in [0.15, 0.2) is 5.69 Å². The molecular weight excluding hydrogens is 252 g/mol. The van der Waals surface area contributed by atoms with Crippen LogP contribution >= 0.6 is 11.3 Å². The second kappa shape index (κ2) is 5.33. The van der Waals surface area contributed by atoms with Crippen LogP contribution in [0.15, 0.2) is 24.3 Å². The Hall–Kier alpha value is -1.35. The minimum atomic E-state index is 0.589. The fourth-order valence-corrected chi connectivity index (χ4v) is 3.51. The lowest BCUT2D eigenvalue weighted by Crippen LogP contribution is -2.31. The van der Waals surface area contributed by atoms with E-state index < -0.39 is 0 Å². The topological polar surface area (TPSA) is 7.12 Å². The van der Waals surface area contributed by atoms with Gasteiger partial charge in [-0.05, 0) is 30.2 Å². The van der Waals surface area contributed by atoms with Crippen LogP contribution < -0.4 is 9.47 Å². The molecule has 0 aliphatic heterocycles. The average molecular weight is 275 g/mol. The highest BCUT2D eigenvalue weighted by atomic mass is 32.1. The summed E-state index contributed by atoms with van der Waals surface area (Å²) in [5.41, 5.74) is 3.92. The standard InChI is InChI=1S/C16H23N2S/c1-11(2)15-12(3)18(6)16(19-15)13-7-9-14(10-8-13)17(4)5/h7-11H,1-6H3/q+1. The van der Waals surface area contributed by atoms with Gasteiger partial charge in [0.1, 0.15) is 7.05 Å². The minimum absolute atomic E-state index is 0.589. The van der Waals surface area contributed by atoms with E-state index in [1.807, 2.05) is 11.3 Å². The largest absolute Gasteiger partial charge is 0.378 e. The van der Waals surface area contributed by atoms with Crippen molar-refractivity contribution in [2.75, 3.05) is 19.0 Å². The zero-order valence-corrected chi connectivity index (χ0v) is 13.5. The summed E-state index contributed by atoms with van der Waals surface area (Å²) in [6.07, 6.45) is 0. The van der Waals surface area contributed by atoms with Crippen molar-refractivity contribution in [3.05, 3.63) is 34.8 Å². The minimum Gasteiger partial charge on any atom is -0.378 e. The summed E-state index contributed by atoms with van der Waals surface area (Å²) in [7, 11) is 6.30. The van der Waals surface area contributed by atoms with Crippen molar-refractivity contribution in [3.63, 3.8) is 0 Å². The molecule has 19 heavy (non-hydrogen) atoms. The quantitative estimate of drug-likeness (QED) is 0.774. The van der Waals surface area contributed by atoms with E-state index in [0.29, 0.717) is 5.92 Å². The number of hydrogen-bond donors (Lipinski definition) is 0. The molecule has 0 saturated heterocycles. The van der Waals surface area contributed by atoms with Gasteiger partial charge in [0, 0.05) is 26.7 Å². The van der Waals surface area contributed by atoms with Gasteiger partial charge in [-0.2, -0.15) is 4.57 Å². The molecule has 1 heterocycles. The fraction of sp³-hybridized carbons (Fsp3) is 0.438. The predicted molar refractivity (Wildman–Crippen MR) is 84.1 cm³/mol. The molecule has 0 saturated carbocycles. The first-order chi connectivity index (χ1) is 8.91. The number of nitrogens with zero attached hydrogens (tertiary/aromatic N) is 2. The van der Waals surface area contributed by atoms with Crippen LogP contribution in [0.2, 0.25) is 0 Å². The summed E-state index contributed by atoms with van der Waals surface area (Å²) in [6, 6.07) is 8.79. The van der Waals surface area contributed by atoms with E-state index in [1.54, 1.807) is 0 Å². The highest BCUT2D eigenvalue weighted by Crippen LogP contribution is 2.31. The third-order valence-corrected chi connectivity index (χ3v) is 5.22. The van der Waals surface area contributed by atoms with E-state index in [-0.39, 0.29) is 0 Å². The number of anilines is 1. The first-order valence-electron chi connectivity index (χ1n) is 6.69. The van der Waals surface area contributed by atoms with E-state index in [1.165, 1.54) is 26.8 Å². The van der Waals surface area contributed by atoms with Crippen molar-refractivity contribution in [2.45, 2.75) is 26.7 Å². The molecule has 1 aromatic heterocycles. The molecule has 0 amide bonds. The van der Waals surface area contributed by atoms with Crippen molar-refractivity contribution >= 4 is 17.0 Å². The molecular formula is C16H23N2S+. The number of benzene rings is 1. The second-order valence-electron chi connectivity index (χ2n) is 5.51. The Balaban J connectivity index is 2.44. The summed E-state index contributed by atoms with van der Waals surface area (Å²) in [5, 5.41) is 1.34. The zero-order valence-electron chi connectivity index (χ0n) is 12.7. The Kier molecular flexibility index (Phi) is 3.95. The Labute approximate surface area is 120 Å². The van der Waals surface area contributed by atoms with Crippen LogP contribution in [0.1, 0.15) is 30.3 Å². The molecule has 0 radical (unpaired) electrons. The van der Waals surface area contributed by atoms with Gasteiger partial charge in [0.05, 0.1) is 10.4 Å². The van der Waals surface area contributed by atoms with Crippen LogP contribution in [-0.4, -0.2) is 14.1 Å². The molecule has 2 aromatic rings. The van der Waals surface area contributed by atoms with Crippen molar-refractivity contribution < 1.29 is 4.57 Å². The summed E-state index contributed by atoms with van der Waals surface area (Å²) < 4.78 is 2.31. The highest BCUT2D eigenvalue weighted by Gasteiger charge is 2.22. The van der Waals surface area contributed by atoms with E-state index in [4.69, 9.17) is 0 Å². The van der Waals surface area contributed by atoms with Crippen molar-refractivity contribution in [1.82, 2.24) is 0 Å². The van der Waals surface area contributed by atoms with Gasteiger partial charge < -0.3 is 4.90 Å². The van der Waals surface area contributed by atoms with Crippen LogP contribution in [0, 0.1) is 6.92 Å². The van der Waals surface area contributed by atoms with E-state index in [2.05, 4.69) is 75.6 Å². The van der Waals surface area contributed by atoms with Crippen molar-refractivity contribution in [3.8, 4) is 10.6 Å². The molecule has 0 spiro atoms. The maximum atomic E-state index is 2.31. The number of thiazole rings is 1. The van der Waals surface area contributed by atoms with Gasteiger partial charge in [-0.15, -0.1) is 0 Å². The Bertz CT molecular complexity index is 565. The molecule has 0 aliphatic carbocycles. The Morgan fingerprint density at radius 3 is 2.11 bits per heavy atom. The van der Waals surface area contributed by atoms with Gasteiger partial charge in [-0.1, -0.05) is 25.2 Å². The number of rotatable bonds is 3. The average Bonchev–Trinajstić information content (AvgIpc) is 2.67. The molecule has 2 rings (SSSR count). The third kappa shape index (κ3) is 2.66. The summed E-state index contributed by atoms with van der Waals surface area (Å²) >= 11 is 1.91. The third-order valence-electron chi connectivity index (χ3n) is 3.53. The molecule has 102 valence electrons. The summed E-state index contributed by atoms with van der Waals surface area (Å²) in [6.45, 7) is 6.74. The smallest absolute Gasteiger partial charge is 0.269 e. The first kappa shape index (κ1) is 14.1. The second-order valence-corrected chi connectivity index (χ2v) is 6.54. The van der Waals surface area contributed by atoms with Gasteiger partial charge in [0.2, 0.25) is 0 Å². The molecule has 0 atom stereocenters. The molecule has 0 aliphatic rings. The number of hydrogen-bond acceptors (Lipinski definition) is 2. The van der Waals surface area contributed by atoms with Crippen molar-refractivity contribution in [1.29, 1.82) is 0 Å². The highest BCUT2D eigenvalue weighted by molar-refractivity contribution is 7.14. The summed E-state index contributed by atoms with van der Waals surface area (Å²) in [4.78, 5) is 3.61. The van der Waals surface area contributed by atoms with Crippen molar-refractivity contribution in [2.24, 2.45) is 7.05 Å². The lowest BCUT2D eigenvalue weighted by molar-refractivity contribution is -0.662. The maximum Gasteiger partial charge on any atom is 0.269 e. The Morgan fingerprint density at radius 1 is 1.11 bits per heavy atom. The van der Waals surface area contributed by atoms with Crippen LogP contribution in [0.3, 0.4) is 0 Å². The molecule has 3 heteroatoms. The molecule has 2 nitrogen and oxygen atoms in total. The van der Waals surface area contributed by atoms with E-state index in [0.717, 1.165) is 0 Å².